The van der Waals surface area contributed by atoms with Gasteiger partial charge in [0, 0.05) is 23.3 Å². The molecule has 0 aliphatic carbocycles. The van der Waals surface area contributed by atoms with Crippen molar-refractivity contribution in [3.8, 4) is 0 Å². The predicted octanol–water partition coefficient (Wildman–Crippen LogP) is 3.49. The van der Waals surface area contributed by atoms with Crippen LogP contribution in [0.15, 0.2) is 42.6 Å². The monoisotopic (exact) mass is 317 g/mol. The number of carbonyl (C=O) groups excluding carboxylic acids is 1. The number of nitrogens with one attached hydrogen (secondary N) is 1. The Morgan fingerprint density at radius 1 is 1.04 bits per heavy atom. The number of benzene rings is 2. The summed E-state index contributed by atoms with van der Waals surface area (Å²) in [5.41, 5.74) is 5.57. The molecule has 0 spiro atoms. The Morgan fingerprint density at radius 2 is 1.83 bits per heavy atom. The Kier molecular flexibility index (Phi) is 3.61. The fraction of sp³-hybridized carbons (Fsp3) is 0. The Labute approximate surface area is 128 Å². The summed E-state index contributed by atoms with van der Waals surface area (Å²) in [4.78, 5) is 16.1. The number of nitrogens with zero attached hydrogens (tertiary/aromatic N) is 1. The van der Waals surface area contributed by atoms with Gasteiger partial charge < -0.3 is 11.1 Å². The summed E-state index contributed by atoms with van der Waals surface area (Å²) in [5, 5.41) is 2.50. The molecule has 0 fully saturated rings. The van der Waals surface area contributed by atoms with Gasteiger partial charge in [-0.3, -0.25) is 9.78 Å². The largest absolute Gasteiger partial charge is 0.398 e. The molecule has 0 radical (unpaired) electrons. The van der Waals surface area contributed by atoms with E-state index in [0.717, 1.165) is 18.2 Å². The highest BCUT2D eigenvalue weighted by Gasteiger charge is 2.18. The molecule has 116 valence electrons. The molecular weight excluding hydrogens is 307 g/mol. The average molecular weight is 317 g/mol. The van der Waals surface area contributed by atoms with E-state index in [1.54, 1.807) is 0 Å². The van der Waals surface area contributed by atoms with Crippen LogP contribution in [0, 0.1) is 17.5 Å². The summed E-state index contributed by atoms with van der Waals surface area (Å²) < 4.78 is 40.6. The van der Waals surface area contributed by atoms with Gasteiger partial charge in [0.05, 0.1) is 11.1 Å². The van der Waals surface area contributed by atoms with E-state index in [1.165, 1.54) is 18.3 Å². The van der Waals surface area contributed by atoms with Crippen LogP contribution >= 0.6 is 0 Å². The van der Waals surface area contributed by atoms with Crippen LogP contribution < -0.4 is 11.1 Å². The molecule has 0 bridgehead atoms. The van der Waals surface area contributed by atoms with Crippen LogP contribution in [0.1, 0.15) is 10.5 Å². The topological polar surface area (TPSA) is 68.0 Å². The molecule has 7 heteroatoms. The Hall–Kier alpha value is -3.09. The first-order chi connectivity index (χ1) is 11.0. The molecule has 3 aromatic rings. The second-order valence-corrected chi connectivity index (χ2v) is 4.80. The number of nitrogen functional groups attached to an aromatic ring is 1. The zero-order valence-electron chi connectivity index (χ0n) is 11.6. The van der Waals surface area contributed by atoms with Crippen LogP contribution in [0.25, 0.3) is 10.8 Å². The number of pyridine rings is 1. The Bertz CT molecular complexity index is 928. The molecule has 1 aromatic heterocycles. The van der Waals surface area contributed by atoms with Gasteiger partial charge in [0.25, 0.3) is 5.91 Å². The summed E-state index contributed by atoms with van der Waals surface area (Å²) in [5.74, 6) is -3.22. The number of hydrogen-bond donors (Lipinski definition) is 2. The van der Waals surface area contributed by atoms with Gasteiger partial charge in [-0.25, -0.2) is 13.2 Å². The number of aromatic nitrogens is 1. The zero-order chi connectivity index (χ0) is 16.6. The number of nitrogens with two attached hydrogens (primary N) is 1. The molecule has 3 rings (SSSR count). The maximum atomic E-state index is 14.1. The molecule has 1 amide bonds. The fourth-order valence-electron chi connectivity index (χ4n) is 2.22. The van der Waals surface area contributed by atoms with E-state index in [2.05, 4.69) is 10.3 Å². The maximum absolute atomic E-state index is 14.1. The van der Waals surface area contributed by atoms with Crippen molar-refractivity contribution >= 4 is 28.1 Å². The van der Waals surface area contributed by atoms with E-state index >= 15 is 0 Å². The third kappa shape index (κ3) is 2.68. The number of halogens is 3. The van der Waals surface area contributed by atoms with Gasteiger partial charge >= 0.3 is 0 Å². The fourth-order valence-corrected chi connectivity index (χ4v) is 2.22. The van der Waals surface area contributed by atoms with Crippen molar-refractivity contribution in [1.82, 2.24) is 4.98 Å². The minimum atomic E-state index is -0.946. The van der Waals surface area contributed by atoms with Crippen LogP contribution in [0.4, 0.5) is 24.5 Å². The maximum Gasteiger partial charge on any atom is 0.275 e. The zero-order valence-corrected chi connectivity index (χ0v) is 11.6. The molecule has 4 nitrogen and oxygen atoms in total. The van der Waals surface area contributed by atoms with Crippen molar-refractivity contribution in [3.05, 3.63) is 65.7 Å². The number of carbonyl (C=O) groups is 1. The lowest BCUT2D eigenvalue weighted by atomic mass is 10.1. The van der Waals surface area contributed by atoms with Crippen molar-refractivity contribution in [3.63, 3.8) is 0 Å². The molecule has 0 aliphatic heterocycles. The first-order valence-corrected chi connectivity index (χ1v) is 6.56. The van der Waals surface area contributed by atoms with Crippen molar-refractivity contribution in [1.29, 1.82) is 0 Å². The third-order valence-corrected chi connectivity index (χ3v) is 3.30. The highest BCUT2D eigenvalue weighted by atomic mass is 19.1. The summed E-state index contributed by atoms with van der Waals surface area (Å²) in [6.07, 6.45) is 1.30. The SMILES string of the molecule is Nc1ccc(F)c2c(C(=O)Nc3ccc(F)cc3F)nccc12. The molecule has 1 heterocycles. The summed E-state index contributed by atoms with van der Waals surface area (Å²) in [7, 11) is 0. The standard InChI is InChI=1S/C16H10F3N3O/c17-8-1-4-13(11(19)7-8)22-16(23)15-14-9(5-6-21-15)12(20)3-2-10(14)18/h1-7H,20H2,(H,22,23). The van der Waals surface area contributed by atoms with Crippen molar-refractivity contribution in [2.24, 2.45) is 0 Å². The highest BCUT2D eigenvalue weighted by molar-refractivity contribution is 6.13. The molecule has 23 heavy (non-hydrogen) atoms. The number of rotatable bonds is 2. The van der Waals surface area contributed by atoms with E-state index in [4.69, 9.17) is 5.73 Å². The normalized spacial score (nSPS) is 10.7. The van der Waals surface area contributed by atoms with Crippen LogP contribution in [0.5, 0.6) is 0 Å². The molecule has 0 atom stereocenters. The van der Waals surface area contributed by atoms with E-state index in [1.807, 2.05) is 0 Å². The molecule has 2 aromatic carbocycles. The van der Waals surface area contributed by atoms with Crippen LogP contribution in [0.3, 0.4) is 0 Å². The number of anilines is 2. The van der Waals surface area contributed by atoms with Crippen molar-refractivity contribution in [2.75, 3.05) is 11.1 Å². The smallest absolute Gasteiger partial charge is 0.275 e. The number of fused-ring (bicyclic) bond motifs is 1. The minimum Gasteiger partial charge on any atom is -0.398 e. The minimum absolute atomic E-state index is 0.0625. The van der Waals surface area contributed by atoms with Gasteiger partial charge in [-0.2, -0.15) is 0 Å². The first-order valence-electron chi connectivity index (χ1n) is 6.56. The lowest BCUT2D eigenvalue weighted by Gasteiger charge is -2.10. The van der Waals surface area contributed by atoms with E-state index in [-0.39, 0.29) is 22.5 Å². The van der Waals surface area contributed by atoms with Gasteiger partial charge in [0.15, 0.2) is 0 Å². The van der Waals surface area contributed by atoms with Gasteiger partial charge in [-0.1, -0.05) is 0 Å². The van der Waals surface area contributed by atoms with Gasteiger partial charge in [-0.15, -0.1) is 0 Å². The lowest BCUT2D eigenvalue weighted by molar-refractivity contribution is 0.102. The second-order valence-electron chi connectivity index (χ2n) is 4.80. The first kappa shape index (κ1) is 14.8. The summed E-state index contributed by atoms with van der Waals surface area (Å²) in [6, 6.07) is 6.66. The number of hydrogen-bond acceptors (Lipinski definition) is 3. The second kappa shape index (κ2) is 5.60. The van der Waals surface area contributed by atoms with Crippen LogP contribution in [-0.2, 0) is 0 Å². The van der Waals surface area contributed by atoms with Gasteiger partial charge in [0.1, 0.15) is 23.1 Å². The highest BCUT2D eigenvalue weighted by Crippen LogP contribution is 2.26. The van der Waals surface area contributed by atoms with Gasteiger partial charge in [0.2, 0.25) is 0 Å². The van der Waals surface area contributed by atoms with Crippen molar-refractivity contribution < 1.29 is 18.0 Å². The Balaban J connectivity index is 2.06. The van der Waals surface area contributed by atoms with E-state index < -0.39 is 23.4 Å². The van der Waals surface area contributed by atoms with E-state index in [9.17, 15) is 18.0 Å². The summed E-state index contributed by atoms with van der Waals surface area (Å²) >= 11 is 0. The average Bonchev–Trinajstić information content (AvgIpc) is 2.53. The lowest BCUT2D eigenvalue weighted by Crippen LogP contribution is -2.16. The van der Waals surface area contributed by atoms with Crippen molar-refractivity contribution in [2.45, 2.75) is 0 Å². The molecule has 0 saturated carbocycles. The third-order valence-electron chi connectivity index (χ3n) is 3.30. The van der Waals surface area contributed by atoms with Crippen LogP contribution in [-0.4, -0.2) is 10.9 Å². The number of amides is 1. The Morgan fingerprint density at radius 3 is 2.57 bits per heavy atom. The molecule has 3 N–H and O–H groups in total. The van der Waals surface area contributed by atoms with Gasteiger partial charge in [-0.05, 0) is 30.3 Å². The molecular formula is C16H10F3N3O. The molecule has 0 unspecified atom stereocenters. The molecule has 0 aliphatic rings. The quantitative estimate of drug-likeness (QED) is 0.711. The predicted molar refractivity (Wildman–Crippen MR) is 80.4 cm³/mol. The van der Waals surface area contributed by atoms with E-state index in [0.29, 0.717) is 11.5 Å². The summed E-state index contributed by atoms with van der Waals surface area (Å²) in [6.45, 7) is 0. The molecule has 0 saturated heterocycles. The van der Waals surface area contributed by atoms with Crippen LogP contribution in [0.2, 0.25) is 0 Å².